The molecule has 2 aromatic heterocycles. The van der Waals surface area contributed by atoms with Crippen molar-refractivity contribution in [2.75, 3.05) is 23.9 Å². The van der Waals surface area contributed by atoms with Crippen LogP contribution in [0.3, 0.4) is 0 Å². The first-order valence-electron chi connectivity index (χ1n) is 16.0. The molecule has 4 aliphatic rings. The smallest absolute Gasteiger partial charge is 0.238 e. The summed E-state index contributed by atoms with van der Waals surface area (Å²) in [6, 6.07) is 13.1. The van der Waals surface area contributed by atoms with E-state index in [1.807, 2.05) is 16.3 Å². The van der Waals surface area contributed by atoms with E-state index < -0.39 is 20.0 Å². The number of hydrogen-bond donors (Lipinski definition) is 2. The summed E-state index contributed by atoms with van der Waals surface area (Å²) >= 11 is 0. The Bertz CT molecular complexity index is 2290. The molecule has 1 spiro atoms. The number of nitrogens with two attached hydrogens (primary N) is 2. The number of nitrogens with zero attached hydrogens (tertiary/aromatic N) is 6. The van der Waals surface area contributed by atoms with Gasteiger partial charge in [-0.25, -0.2) is 36.5 Å². The first-order valence-corrected chi connectivity index (χ1v) is 19.1. The van der Waals surface area contributed by atoms with Crippen LogP contribution in [0.5, 0.6) is 0 Å². The maximum absolute atomic E-state index is 12.0. The summed E-state index contributed by atoms with van der Waals surface area (Å²) in [4.78, 5) is 4.96. The summed E-state index contributed by atoms with van der Waals surface area (Å²) < 4.78 is 51.9. The number of fused-ring (bicyclic) bond motifs is 6. The van der Waals surface area contributed by atoms with Gasteiger partial charge in [-0.15, -0.1) is 0 Å². The van der Waals surface area contributed by atoms with E-state index in [1.165, 1.54) is 29.8 Å². The van der Waals surface area contributed by atoms with E-state index in [0.29, 0.717) is 0 Å². The summed E-state index contributed by atoms with van der Waals surface area (Å²) in [5, 5.41) is 21.0. The van der Waals surface area contributed by atoms with Crippen LogP contribution in [0.2, 0.25) is 0 Å². The van der Waals surface area contributed by atoms with Gasteiger partial charge in [0, 0.05) is 41.7 Å². The Labute approximate surface area is 281 Å². The highest BCUT2D eigenvalue weighted by molar-refractivity contribution is 7.89. The summed E-state index contributed by atoms with van der Waals surface area (Å²) in [7, 11) is -3.33. The van der Waals surface area contributed by atoms with Crippen molar-refractivity contribution in [1.29, 1.82) is 0 Å². The third-order valence-corrected chi connectivity index (χ3v) is 14.1. The van der Waals surface area contributed by atoms with Gasteiger partial charge in [-0.05, 0) is 106 Å². The Kier molecular flexibility index (Phi) is 6.11. The fourth-order valence-electron chi connectivity index (χ4n) is 10.1. The molecule has 4 N–H and O–H groups in total. The number of anilines is 2. The van der Waals surface area contributed by atoms with E-state index in [1.54, 1.807) is 24.3 Å². The molecule has 2 fully saturated rings. The molecule has 2 saturated carbocycles. The van der Waals surface area contributed by atoms with Gasteiger partial charge in [0.25, 0.3) is 0 Å². The molecule has 4 heterocycles. The van der Waals surface area contributed by atoms with Crippen LogP contribution in [0.25, 0.3) is 16.9 Å². The molecule has 4 aromatic rings. The molecular formula is C34H40N8O4S2. The van der Waals surface area contributed by atoms with Gasteiger partial charge in [0.2, 0.25) is 20.0 Å². The quantitative estimate of drug-likeness (QED) is 0.328. The van der Waals surface area contributed by atoms with E-state index in [-0.39, 0.29) is 38.1 Å². The van der Waals surface area contributed by atoms with Gasteiger partial charge in [0.1, 0.15) is 11.6 Å². The minimum absolute atomic E-state index is 0.0521. The molecule has 4 bridgehead atoms. The van der Waals surface area contributed by atoms with Crippen molar-refractivity contribution in [3.05, 3.63) is 77.6 Å². The van der Waals surface area contributed by atoms with Gasteiger partial charge < -0.3 is 9.80 Å². The summed E-state index contributed by atoms with van der Waals surface area (Å²) in [5.74, 6) is 2.31. The van der Waals surface area contributed by atoms with Crippen LogP contribution in [0.1, 0.15) is 55.6 Å². The van der Waals surface area contributed by atoms with Crippen molar-refractivity contribution >= 4 is 37.3 Å². The van der Waals surface area contributed by atoms with Crippen LogP contribution in [0.15, 0.2) is 64.9 Å². The Morgan fingerprint density at radius 2 is 1.27 bits per heavy atom. The predicted molar refractivity (Wildman–Crippen MR) is 185 cm³/mol. The van der Waals surface area contributed by atoms with Crippen molar-refractivity contribution in [2.24, 2.45) is 22.1 Å². The third kappa shape index (κ3) is 3.82. The zero-order valence-corrected chi connectivity index (χ0v) is 29.5. The molecule has 14 heteroatoms. The van der Waals surface area contributed by atoms with Crippen LogP contribution in [0.4, 0.5) is 11.6 Å². The lowest BCUT2D eigenvalue weighted by molar-refractivity contribution is 0.259. The molecule has 0 radical (unpaired) electrons. The maximum atomic E-state index is 12.0. The van der Waals surface area contributed by atoms with Crippen molar-refractivity contribution in [3.63, 3.8) is 0 Å². The van der Waals surface area contributed by atoms with Crippen molar-refractivity contribution in [1.82, 2.24) is 19.6 Å². The second-order valence-corrected chi connectivity index (χ2v) is 17.8. The lowest BCUT2D eigenvalue weighted by atomic mass is 9.64. The molecule has 8 rings (SSSR count). The first-order chi connectivity index (χ1) is 22.3. The first kappa shape index (κ1) is 31.3. The number of allylic oxidation sites excluding steroid dienone is 1. The highest BCUT2D eigenvalue weighted by atomic mass is 32.2. The van der Waals surface area contributed by atoms with Crippen LogP contribution in [0, 0.1) is 25.7 Å². The molecule has 0 saturated heterocycles. The Morgan fingerprint density at radius 1 is 0.771 bits per heavy atom. The number of rotatable bonds is 4. The molecule has 2 aliphatic heterocycles. The summed E-state index contributed by atoms with van der Waals surface area (Å²) in [6.07, 6.45) is 2.76. The highest BCUT2D eigenvalue weighted by Crippen LogP contribution is 2.73. The molecule has 5 unspecified atom stereocenters. The fraction of sp³-hybridized carbons (Fsp3) is 0.412. The fourth-order valence-corrected chi connectivity index (χ4v) is 11.1. The van der Waals surface area contributed by atoms with E-state index in [4.69, 9.17) is 27.1 Å². The van der Waals surface area contributed by atoms with Crippen LogP contribution in [-0.2, 0) is 25.5 Å². The SMILES string of the molecule is C=C1c2c(C)nn(-c3ccc(S(N)(=O)=O)cc3)c2N(C)C23CC1C1(C)c4c(C)nn(-c5ccc(S(N)(=O)=O)cc5)c4N(C)C(C)(CC12)C3. The number of benzene rings is 2. The summed E-state index contributed by atoms with van der Waals surface area (Å²) in [5.41, 5.74) is 5.78. The van der Waals surface area contributed by atoms with E-state index in [2.05, 4.69) is 44.7 Å². The zero-order valence-electron chi connectivity index (χ0n) is 27.9. The van der Waals surface area contributed by atoms with Gasteiger partial charge >= 0.3 is 0 Å². The molecular weight excluding hydrogens is 649 g/mol. The lowest BCUT2D eigenvalue weighted by Gasteiger charge is -2.47. The monoisotopic (exact) mass is 688 g/mol. The maximum Gasteiger partial charge on any atom is 0.238 e. The van der Waals surface area contributed by atoms with Crippen molar-refractivity contribution in [3.8, 4) is 11.4 Å². The van der Waals surface area contributed by atoms with Gasteiger partial charge in [0.05, 0.1) is 32.6 Å². The van der Waals surface area contributed by atoms with Crippen LogP contribution in [-0.4, -0.2) is 61.6 Å². The Balaban J connectivity index is 1.33. The van der Waals surface area contributed by atoms with Gasteiger partial charge in [0.15, 0.2) is 0 Å². The number of primary sulfonamides is 2. The number of aryl methyl sites for hydroxylation is 2. The molecule has 2 aromatic carbocycles. The van der Waals surface area contributed by atoms with Crippen molar-refractivity contribution in [2.45, 2.75) is 73.2 Å². The second-order valence-electron chi connectivity index (χ2n) is 14.7. The largest absolute Gasteiger partial charge is 0.354 e. The molecule has 0 amide bonds. The number of sulfonamides is 2. The van der Waals surface area contributed by atoms with Gasteiger partial charge in [-0.1, -0.05) is 13.5 Å². The minimum Gasteiger partial charge on any atom is -0.354 e. The molecule has 12 nitrogen and oxygen atoms in total. The van der Waals surface area contributed by atoms with Crippen LogP contribution < -0.4 is 20.1 Å². The average molecular weight is 689 g/mol. The van der Waals surface area contributed by atoms with E-state index in [0.717, 1.165) is 64.8 Å². The number of hydrogen-bond acceptors (Lipinski definition) is 8. The molecule has 252 valence electrons. The second kappa shape index (κ2) is 9.37. The Hall–Kier alpha value is -3.98. The van der Waals surface area contributed by atoms with Crippen LogP contribution >= 0.6 is 0 Å². The lowest BCUT2D eigenvalue weighted by Crippen LogP contribution is -2.53. The molecule has 5 atom stereocenters. The van der Waals surface area contributed by atoms with Gasteiger partial charge in [-0.2, -0.15) is 10.2 Å². The molecule has 2 aliphatic carbocycles. The Morgan fingerprint density at radius 3 is 1.79 bits per heavy atom. The summed E-state index contributed by atoms with van der Waals surface area (Å²) in [6.45, 7) is 13.6. The minimum atomic E-state index is -3.83. The standard InChI is InChI=1S/C34H40N8O4S2/c1-19-26-16-34(40(7)30-28(19)20(2)37-41(30)22-8-12-24(13-9-22)47(35,43)44)18-32(4)17-27(34)33(26,5)29-21(3)38-42(31(29)39(32)6)23-10-14-25(15-11-23)48(36,45)46/h8-15,26-27H,1,16-18H2,2-7H3,(H2,35,43,44)(H2,36,45,46). The van der Waals surface area contributed by atoms with Crippen molar-refractivity contribution < 1.29 is 16.8 Å². The number of aromatic nitrogens is 4. The van der Waals surface area contributed by atoms with E-state index >= 15 is 0 Å². The predicted octanol–water partition coefficient (Wildman–Crippen LogP) is 3.77. The zero-order chi connectivity index (χ0) is 34.5. The highest BCUT2D eigenvalue weighted by Gasteiger charge is 2.73. The van der Waals surface area contributed by atoms with E-state index in [9.17, 15) is 16.8 Å². The van der Waals surface area contributed by atoms with Gasteiger partial charge in [-0.3, -0.25) is 0 Å². The topological polar surface area (TPSA) is 162 Å². The third-order valence-electron chi connectivity index (χ3n) is 12.3. The normalized spacial score (nSPS) is 29.1. The molecule has 48 heavy (non-hydrogen) atoms. The average Bonchev–Trinajstić information content (AvgIpc) is 3.69.